The number of nitrogens with one attached hydrogen (secondary N) is 2. The molecule has 1 aliphatic rings. The Kier molecular flexibility index (Phi) is 5.47. The Hall–Kier alpha value is -2.53. The summed E-state index contributed by atoms with van der Waals surface area (Å²) < 4.78 is 5.17. The van der Waals surface area contributed by atoms with Gasteiger partial charge in [-0.1, -0.05) is 26.2 Å². The van der Waals surface area contributed by atoms with Gasteiger partial charge in [0.25, 0.3) is 5.91 Å². The van der Waals surface area contributed by atoms with E-state index >= 15 is 0 Å². The van der Waals surface area contributed by atoms with Crippen LogP contribution in [0.2, 0.25) is 0 Å². The zero-order chi connectivity index (χ0) is 18.6. The molecule has 1 amide bonds. The maximum Gasteiger partial charge on any atom is 0.261 e. The Morgan fingerprint density at radius 3 is 2.50 bits per heavy atom. The largest absolute Gasteiger partial charge is 0.497 e. The number of benzene rings is 2. The number of rotatable bonds is 8. The molecule has 0 aliphatic carbocycles. The second kappa shape index (κ2) is 7.79. The number of hydrogen-bond acceptors (Lipinski definition) is 4. The first-order valence-corrected chi connectivity index (χ1v) is 9.16. The molecule has 138 valence electrons. The van der Waals surface area contributed by atoms with Crippen LogP contribution in [0.1, 0.15) is 44.6 Å². The van der Waals surface area contributed by atoms with Crippen LogP contribution in [0.15, 0.2) is 42.5 Å². The molecule has 0 spiro atoms. The van der Waals surface area contributed by atoms with Crippen molar-refractivity contribution in [2.45, 2.75) is 44.6 Å². The number of anilines is 3. The molecule has 0 saturated carbocycles. The zero-order valence-corrected chi connectivity index (χ0v) is 15.3. The molecule has 1 unspecified atom stereocenters. The zero-order valence-electron chi connectivity index (χ0n) is 15.3. The Morgan fingerprint density at radius 1 is 1.08 bits per heavy atom. The first kappa shape index (κ1) is 18.3. The fourth-order valence-electron chi connectivity index (χ4n) is 3.32. The fourth-order valence-corrected chi connectivity index (χ4v) is 3.32. The third-order valence-corrected chi connectivity index (χ3v) is 4.86. The molecule has 3 N–H and O–H groups in total. The van der Waals surface area contributed by atoms with Gasteiger partial charge >= 0.3 is 0 Å². The van der Waals surface area contributed by atoms with Gasteiger partial charge in [-0.25, -0.2) is 0 Å². The summed E-state index contributed by atoms with van der Waals surface area (Å²) in [6.07, 6.45) is 4.52. The Bertz CT molecular complexity index is 773. The van der Waals surface area contributed by atoms with Gasteiger partial charge in [0.15, 0.2) is 5.60 Å². The van der Waals surface area contributed by atoms with Gasteiger partial charge in [0.1, 0.15) is 5.75 Å². The minimum absolute atomic E-state index is 0.328. The monoisotopic (exact) mass is 354 g/mol. The third-order valence-electron chi connectivity index (χ3n) is 4.86. The van der Waals surface area contributed by atoms with Crippen LogP contribution in [0.25, 0.3) is 0 Å². The number of amides is 1. The van der Waals surface area contributed by atoms with Crippen LogP contribution < -0.4 is 15.4 Å². The average Bonchev–Trinajstić information content (AvgIpc) is 2.90. The molecule has 0 bridgehead atoms. The van der Waals surface area contributed by atoms with Crippen LogP contribution in [0, 0.1) is 0 Å². The molecule has 1 atom stereocenters. The van der Waals surface area contributed by atoms with Gasteiger partial charge < -0.3 is 20.5 Å². The normalized spacial score (nSPS) is 18.3. The lowest BCUT2D eigenvalue weighted by atomic mass is 9.89. The summed E-state index contributed by atoms with van der Waals surface area (Å²) in [6, 6.07) is 13.2. The summed E-state index contributed by atoms with van der Waals surface area (Å²) in [5.74, 6) is 0.464. The number of carbonyl (C=O) groups is 1. The molecule has 2 aromatic carbocycles. The fraction of sp³-hybridized carbons (Fsp3) is 0.381. The van der Waals surface area contributed by atoms with E-state index in [2.05, 4.69) is 17.6 Å². The second-order valence-electron chi connectivity index (χ2n) is 6.74. The highest BCUT2D eigenvalue weighted by molar-refractivity contribution is 6.05. The van der Waals surface area contributed by atoms with Gasteiger partial charge in [-0.2, -0.15) is 0 Å². The third kappa shape index (κ3) is 3.68. The predicted molar refractivity (Wildman–Crippen MR) is 104 cm³/mol. The van der Waals surface area contributed by atoms with E-state index < -0.39 is 5.60 Å². The summed E-state index contributed by atoms with van der Waals surface area (Å²) in [7, 11) is 1.63. The predicted octanol–water partition coefficient (Wildman–Crippen LogP) is 4.55. The minimum Gasteiger partial charge on any atom is -0.497 e. The van der Waals surface area contributed by atoms with Crippen molar-refractivity contribution < 1.29 is 14.6 Å². The number of ether oxygens (including phenoxy) is 1. The summed E-state index contributed by atoms with van der Waals surface area (Å²) >= 11 is 0. The van der Waals surface area contributed by atoms with Crippen molar-refractivity contribution in [1.82, 2.24) is 0 Å². The van der Waals surface area contributed by atoms with Crippen molar-refractivity contribution in [3.05, 3.63) is 48.0 Å². The highest BCUT2D eigenvalue weighted by Crippen LogP contribution is 2.41. The van der Waals surface area contributed by atoms with E-state index in [-0.39, 0.29) is 5.91 Å². The van der Waals surface area contributed by atoms with Crippen molar-refractivity contribution in [1.29, 1.82) is 0 Å². The van der Waals surface area contributed by atoms with E-state index in [4.69, 9.17) is 4.74 Å². The van der Waals surface area contributed by atoms with E-state index in [1.165, 1.54) is 0 Å². The molecule has 0 fully saturated rings. The molecule has 0 radical (unpaired) electrons. The molecule has 2 aromatic rings. The van der Waals surface area contributed by atoms with Gasteiger partial charge in [0.2, 0.25) is 0 Å². The Balaban J connectivity index is 1.78. The van der Waals surface area contributed by atoms with E-state index in [0.29, 0.717) is 17.7 Å². The lowest BCUT2D eigenvalue weighted by molar-refractivity contribution is -0.134. The Morgan fingerprint density at radius 2 is 1.81 bits per heavy atom. The lowest BCUT2D eigenvalue weighted by Crippen LogP contribution is -2.34. The molecule has 26 heavy (non-hydrogen) atoms. The van der Waals surface area contributed by atoms with Gasteiger partial charge in [-0.05, 0) is 55.3 Å². The molecule has 1 heterocycles. The molecule has 0 aromatic heterocycles. The number of aliphatic hydroxyl groups is 1. The van der Waals surface area contributed by atoms with Crippen LogP contribution in [-0.2, 0) is 10.4 Å². The molecule has 1 aliphatic heterocycles. The minimum atomic E-state index is -1.44. The van der Waals surface area contributed by atoms with Crippen LogP contribution in [-0.4, -0.2) is 18.1 Å². The van der Waals surface area contributed by atoms with Gasteiger partial charge in [-0.3, -0.25) is 4.79 Å². The molecular weight excluding hydrogens is 328 g/mol. The molecule has 5 heteroatoms. The SMILES string of the molecule is CCCCCCC1(O)C(=O)Nc2ccc(Nc3ccc(OC)cc3)cc21. The summed E-state index contributed by atoms with van der Waals surface area (Å²) in [5, 5.41) is 17.1. The maximum absolute atomic E-state index is 12.4. The van der Waals surface area contributed by atoms with Crippen molar-refractivity contribution in [3.63, 3.8) is 0 Å². The number of carbonyl (C=O) groups excluding carboxylic acids is 1. The van der Waals surface area contributed by atoms with Crippen LogP contribution in [0.3, 0.4) is 0 Å². The van der Waals surface area contributed by atoms with Gasteiger partial charge in [0.05, 0.1) is 7.11 Å². The van der Waals surface area contributed by atoms with E-state index in [9.17, 15) is 9.90 Å². The summed E-state index contributed by atoms with van der Waals surface area (Å²) in [5.41, 5.74) is 1.64. The first-order chi connectivity index (χ1) is 12.6. The standard InChI is InChI=1S/C21H26N2O3/c1-3-4-5-6-13-21(25)18-14-16(9-12-19(18)23-20(21)24)22-15-7-10-17(26-2)11-8-15/h7-12,14,22,25H,3-6,13H2,1-2H3,(H,23,24). The van der Waals surface area contributed by atoms with Gasteiger partial charge in [0, 0.05) is 22.6 Å². The average molecular weight is 354 g/mol. The van der Waals surface area contributed by atoms with Crippen LogP contribution in [0.4, 0.5) is 17.1 Å². The Labute approximate surface area is 154 Å². The quantitative estimate of drug-likeness (QED) is 0.608. The van der Waals surface area contributed by atoms with Crippen molar-refractivity contribution in [2.24, 2.45) is 0 Å². The number of unbranched alkanes of at least 4 members (excludes halogenated alkanes) is 3. The van der Waals surface area contributed by atoms with E-state index in [0.717, 1.165) is 42.8 Å². The number of hydrogen-bond donors (Lipinski definition) is 3. The highest BCUT2D eigenvalue weighted by Gasteiger charge is 2.44. The van der Waals surface area contributed by atoms with Crippen molar-refractivity contribution in [2.75, 3.05) is 17.7 Å². The van der Waals surface area contributed by atoms with Gasteiger partial charge in [-0.15, -0.1) is 0 Å². The number of fused-ring (bicyclic) bond motifs is 1. The highest BCUT2D eigenvalue weighted by atomic mass is 16.5. The molecule has 0 saturated heterocycles. The molecule has 3 rings (SSSR count). The summed E-state index contributed by atoms with van der Waals surface area (Å²) in [4.78, 5) is 12.4. The molecule has 5 nitrogen and oxygen atoms in total. The van der Waals surface area contributed by atoms with Crippen molar-refractivity contribution >= 4 is 23.0 Å². The molecular formula is C21H26N2O3. The van der Waals surface area contributed by atoms with Crippen LogP contribution >= 0.6 is 0 Å². The topological polar surface area (TPSA) is 70.6 Å². The first-order valence-electron chi connectivity index (χ1n) is 9.16. The van der Waals surface area contributed by atoms with Crippen molar-refractivity contribution in [3.8, 4) is 5.75 Å². The van der Waals surface area contributed by atoms with Crippen LogP contribution in [0.5, 0.6) is 5.75 Å². The van der Waals surface area contributed by atoms with E-state index in [1.54, 1.807) is 7.11 Å². The maximum atomic E-state index is 12.4. The summed E-state index contributed by atoms with van der Waals surface area (Å²) in [6.45, 7) is 2.14. The number of methoxy groups -OCH3 is 1. The second-order valence-corrected chi connectivity index (χ2v) is 6.74. The smallest absolute Gasteiger partial charge is 0.261 e. The lowest BCUT2D eigenvalue weighted by Gasteiger charge is -2.21. The van der Waals surface area contributed by atoms with E-state index in [1.807, 2.05) is 42.5 Å².